The molecule has 0 fully saturated rings. The van der Waals surface area contributed by atoms with Gasteiger partial charge < -0.3 is 9.80 Å². The van der Waals surface area contributed by atoms with Crippen LogP contribution in [0.1, 0.15) is 16.2 Å². The molecule has 7 heteroatoms. The molecule has 1 aliphatic rings. The Bertz CT molecular complexity index is 969. The molecule has 2 aromatic carbocycles. The monoisotopic (exact) mass is 384 g/mol. The number of rotatable bonds is 4. The molecule has 0 atom stereocenters. The number of carbonyl (C=O) groups is 1. The zero-order valence-corrected chi connectivity index (χ0v) is 15.5. The lowest BCUT2D eigenvalue weighted by molar-refractivity contribution is 0.0962. The van der Waals surface area contributed by atoms with Gasteiger partial charge in [0, 0.05) is 30.0 Å². The fraction of sp³-hybridized carbons (Fsp3) is 0.200. The molecule has 0 saturated heterocycles. The maximum atomic E-state index is 13.1. The molecule has 4 rings (SSSR count). The van der Waals surface area contributed by atoms with Gasteiger partial charge in [-0.3, -0.25) is 9.48 Å². The molecule has 0 aliphatic carbocycles. The minimum Gasteiger partial charge on any atom is -0.369 e. The van der Waals surface area contributed by atoms with E-state index in [9.17, 15) is 9.18 Å². The van der Waals surface area contributed by atoms with Gasteiger partial charge in [-0.1, -0.05) is 11.6 Å². The largest absolute Gasteiger partial charge is 0.369 e. The van der Waals surface area contributed by atoms with E-state index in [4.69, 9.17) is 11.6 Å². The van der Waals surface area contributed by atoms with Crippen molar-refractivity contribution in [3.63, 3.8) is 0 Å². The molecule has 1 aromatic heterocycles. The van der Waals surface area contributed by atoms with Crippen LogP contribution in [0, 0.1) is 5.82 Å². The van der Waals surface area contributed by atoms with Gasteiger partial charge >= 0.3 is 0 Å². The smallest absolute Gasteiger partial charge is 0.276 e. The molecule has 138 valence electrons. The van der Waals surface area contributed by atoms with Crippen LogP contribution in [0.2, 0.25) is 5.02 Å². The van der Waals surface area contributed by atoms with Crippen molar-refractivity contribution >= 4 is 28.9 Å². The molecular formula is C20H18ClFN4O. The van der Waals surface area contributed by atoms with Crippen molar-refractivity contribution in [3.8, 4) is 0 Å². The van der Waals surface area contributed by atoms with E-state index in [-0.39, 0.29) is 11.7 Å². The third-order valence-electron chi connectivity index (χ3n) is 4.64. The minimum atomic E-state index is -0.319. The number of carbonyl (C=O) groups excluding carboxylic acids is 1. The standard InChI is InChI=1S/C20H18ClFN4O/c1-24(17-6-2-14(21)3-7-17)13-16-12-19-20(27)25(10-11-26(19)23-16)18-8-4-15(22)5-9-18/h2-9,12H,10-11,13H2,1H3. The predicted octanol–water partition coefficient (Wildman–Crippen LogP) is 3.97. The second-order valence-corrected chi connectivity index (χ2v) is 6.95. The van der Waals surface area contributed by atoms with Crippen LogP contribution in [-0.4, -0.2) is 29.3 Å². The zero-order chi connectivity index (χ0) is 19.0. The first-order chi connectivity index (χ1) is 13.0. The van der Waals surface area contributed by atoms with Gasteiger partial charge in [-0.15, -0.1) is 0 Å². The molecule has 5 nitrogen and oxygen atoms in total. The van der Waals surface area contributed by atoms with E-state index in [2.05, 4.69) is 5.10 Å². The van der Waals surface area contributed by atoms with E-state index in [1.54, 1.807) is 21.7 Å². The van der Waals surface area contributed by atoms with Gasteiger partial charge in [-0.25, -0.2) is 4.39 Å². The summed E-state index contributed by atoms with van der Waals surface area (Å²) in [4.78, 5) is 16.6. The highest BCUT2D eigenvalue weighted by Gasteiger charge is 2.27. The summed E-state index contributed by atoms with van der Waals surface area (Å²) in [5, 5.41) is 5.26. The Balaban J connectivity index is 1.53. The number of nitrogens with zero attached hydrogens (tertiary/aromatic N) is 4. The summed E-state index contributed by atoms with van der Waals surface area (Å²) >= 11 is 5.94. The van der Waals surface area contributed by atoms with E-state index in [1.165, 1.54) is 12.1 Å². The number of fused-ring (bicyclic) bond motifs is 1. The SMILES string of the molecule is CN(Cc1cc2n(n1)CCN(c1ccc(F)cc1)C2=O)c1ccc(Cl)cc1. The number of hydrogen-bond acceptors (Lipinski definition) is 3. The Kier molecular flexibility index (Phi) is 4.58. The maximum Gasteiger partial charge on any atom is 0.276 e. The lowest BCUT2D eigenvalue weighted by Gasteiger charge is -2.27. The topological polar surface area (TPSA) is 41.4 Å². The number of aromatic nitrogens is 2. The molecule has 1 amide bonds. The van der Waals surface area contributed by atoms with E-state index >= 15 is 0 Å². The van der Waals surface area contributed by atoms with E-state index in [0.29, 0.717) is 36.0 Å². The molecule has 0 bridgehead atoms. The minimum absolute atomic E-state index is 0.124. The van der Waals surface area contributed by atoms with Gasteiger partial charge in [0.15, 0.2) is 0 Å². The third kappa shape index (κ3) is 3.53. The van der Waals surface area contributed by atoms with Crippen molar-refractivity contribution in [2.24, 2.45) is 0 Å². The number of amides is 1. The molecule has 27 heavy (non-hydrogen) atoms. The highest BCUT2D eigenvalue weighted by molar-refractivity contribution is 6.30. The van der Waals surface area contributed by atoms with Crippen molar-refractivity contribution < 1.29 is 9.18 Å². The highest BCUT2D eigenvalue weighted by atomic mass is 35.5. The Morgan fingerprint density at radius 3 is 2.52 bits per heavy atom. The van der Waals surface area contributed by atoms with Crippen molar-refractivity contribution in [2.45, 2.75) is 13.1 Å². The average Bonchev–Trinajstić information content (AvgIpc) is 3.07. The second kappa shape index (κ2) is 7.04. The van der Waals surface area contributed by atoms with Crippen LogP contribution in [0.3, 0.4) is 0 Å². The van der Waals surface area contributed by atoms with Crippen molar-refractivity contribution in [3.05, 3.63) is 76.8 Å². The van der Waals surface area contributed by atoms with Crippen molar-refractivity contribution in [1.82, 2.24) is 9.78 Å². The first-order valence-electron chi connectivity index (χ1n) is 8.62. The third-order valence-corrected chi connectivity index (χ3v) is 4.89. The fourth-order valence-corrected chi connectivity index (χ4v) is 3.35. The normalized spacial score (nSPS) is 13.6. The van der Waals surface area contributed by atoms with Gasteiger partial charge in [0.2, 0.25) is 0 Å². The first-order valence-corrected chi connectivity index (χ1v) is 9.00. The summed E-state index contributed by atoms with van der Waals surface area (Å²) < 4.78 is 14.9. The fourth-order valence-electron chi connectivity index (χ4n) is 3.22. The summed E-state index contributed by atoms with van der Waals surface area (Å²) in [5.41, 5.74) is 3.07. The van der Waals surface area contributed by atoms with E-state index < -0.39 is 0 Å². The summed E-state index contributed by atoms with van der Waals surface area (Å²) in [5.74, 6) is -0.443. The van der Waals surface area contributed by atoms with Crippen molar-refractivity contribution in [1.29, 1.82) is 0 Å². The van der Waals surface area contributed by atoms with Gasteiger partial charge in [-0.05, 0) is 54.6 Å². The molecule has 0 unspecified atom stereocenters. The van der Waals surface area contributed by atoms with E-state index in [1.807, 2.05) is 42.3 Å². The molecule has 3 aromatic rings. The van der Waals surface area contributed by atoms with Gasteiger partial charge in [-0.2, -0.15) is 5.10 Å². The second-order valence-electron chi connectivity index (χ2n) is 6.51. The molecule has 2 heterocycles. The number of anilines is 2. The van der Waals surface area contributed by atoms with E-state index in [0.717, 1.165) is 11.4 Å². The number of benzene rings is 2. The molecule has 0 N–H and O–H groups in total. The Labute approximate surface area is 161 Å². The van der Waals surface area contributed by atoms with Crippen LogP contribution < -0.4 is 9.80 Å². The van der Waals surface area contributed by atoms with Crippen LogP contribution >= 0.6 is 11.6 Å². The summed E-state index contributed by atoms with van der Waals surface area (Å²) in [6.07, 6.45) is 0. The molecule has 1 aliphatic heterocycles. The maximum absolute atomic E-state index is 13.1. The Morgan fingerprint density at radius 2 is 1.81 bits per heavy atom. The Hall–Kier alpha value is -2.86. The van der Waals surface area contributed by atoms with Gasteiger partial charge in [0.25, 0.3) is 5.91 Å². The van der Waals surface area contributed by atoms with Crippen molar-refractivity contribution in [2.75, 3.05) is 23.4 Å². The summed E-state index contributed by atoms with van der Waals surface area (Å²) in [6, 6.07) is 15.4. The lowest BCUT2D eigenvalue weighted by atomic mass is 10.2. The molecule has 0 radical (unpaired) electrons. The van der Waals surface area contributed by atoms with Gasteiger partial charge in [0.1, 0.15) is 11.5 Å². The molecule has 0 spiro atoms. The average molecular weight is 385 g/mol. The molecular weight excluding hydrogens is 367 g/mol. The molecule has 0 saturated carbocycles. The van der Waals surface area contributed by atoms with Crippen LogP contribution in [-0.2, 0) is 13.1 Å². The zero-order valence-electron chi connectivity index (χ0n) is 14.8. The van der Waals surface area contributed by atoms with Crippen LogP contribution in [0.4, 0.5) is 15.8 Å². The van der Waals surface area contributed by atoms with Gasteiger partial charge in [0.05, 0.1) is 18.8 Å². The number of hydrogen-bond donors (Lipinski definition) is 0. The number of halogens is 2. The van der Waals surface area contributed by atoms with Crippen LogP contribution in [0.15, 0.2) is 54.6 Å². The Morgan fingerprint density at radius 1 is 1.11 bits per heavy atom. The van der Waals surface area contributed by atoms with Crippen LogP contribution in [0.5, 0.6) is 0 Å². The lowest BCUT2D eigenvalue weighted by Crippen LogP contribution is -2.40. The highest BCUT2D eigenvalue weighted by Crippen LogP contribution is 2.23. The summed E-state index contributed by atoms with van der Waals surface area (Å²) in [7, 11) is 1.97. The predicted molar refractivity (Wildman–Crippen MR) is 104 cm³/mol. The van der Waals surface area contributed by atoms with Crippen LogP contribution in [0.25, 0.3) is 0 Å². The quantitative estimate of drug-likeness (QED) is 0.683. The first kappa shape index (κ1) is 17.5. The summed E-state index contributed by atoms with van der Waals surface area (Å²) in [6.45, 7) is 1.68.